The predicted octanol–water partition coefficient (Wildman–Crippen LogP) is 13.4. The number of aliphatic hydroxyl groups is 7. The van der Waals surface area contributed by atoms with Gasteiger partial charge < -0.3 is 64.2 Å². The third-order valence-corrected chi connectivity index (χ3v) is 16.4. The van der Waals surface area contributed by atoms with Gasteiger partial charge >= 0.3 is 11.9 Å². The summed E-state index contributed by atoms with van der Waals surface area (Å²) in [5, 5.41) is 72.5. The summed E-state index contributed by atoms with van der Waals surface area (Å²) in [6.45, 7) is 2.63. The first-order valence-electron chi connectivity index (χ1n) is 33.9. The van der Waals surface area contributed by atoms with Crippen molar-refractivity contribution in [3.05, 3.63) is 24.3 Å². The van der Waals surface area contributed by atoms with E-state index in [2.05, 4.69) is 38.2 Å². The van der Waals surface area contributed by atoms with Crippen LogP contribution in [0, 0.1) is 0 Å². The maximum atomic E-state index is 13.1. The predicted molar refractivity (Wildman–Crippen MR) is 326 cm³/mol. The van der Waals surface area contributed by atoms with E-state index in [1.807, 2.05) is 0 Å². The third kappa shape index (κ3) is 38.9. The number of carbonyl (C=O) groups excluding carboxylic acids is 2. The molecule has 0 amide bonds. The van der Waals surface area contributed by atoms with E-state index in [1.165, 1.54) is 212 Å². The van der Waals surface area contributed by atoms with Crippen LogP contribution in [0.1, 0.15) is 296 Å². The van der Waals surface area contributed by atoms with Gasteiger partial charge in [-0.2, -0.15) is 0 Å². The number of allylic oxidation sites excluding steroid dienone is 4. The average Bonchev–Trinajstić information content (AvgIpc) is 3.61. The largest absolute Gasteiger partial charge is 0.462 e. The molecular formula is C67H124O15. The number of hydrogen-bond acceptors (Lipinski definition) is 15. The second-order valence-corrected chi connectivity index (χ2v) is 24.0. The van der Waals surface area contributed by atoms with E-state index >= 15 is 0 Å². The summed E-state index contributed by atoms with van der Waals surface area (Å²) in [4.78, 5) is 26.0. The van der Waals surface area contributed by atoms with Crippen molar-refractivity contribution in [3.8, 4) is 0 Å². The van der Waals surface area contributed by atoms with Gasteiger partial charge in [-0.3, -0.25) is 9.59 Å². The molecule has 0 saturated carbocycles. The topological polar surface area (TPSA) is 231 Å². The van der Waals surface area contributed by atoms with Gasteiger partial charge in [-0.05, 0) is 44.9 Å². The van der Waals surface area contributed by atoms with E-state index in [9.17, 15) is 45.3 Å². The lowest BCUT2D eigenvalue weighted by atomic mass is 9.98. The number of rotatable bonds is 56. The average molecular weight is 1170 g/mol. The second-order valence-electron chi connectivity index (χ2n) is 24.0. The van der Waals surface area contributed by atoms with Gasteiger partial charge in [0.05, 0.1) is 19.8 Å². The number of ether oxygens (including phenoxy) is 6. The summed E-state index contributed by atoms with van der Waals surface area (Å²) in [7, 11) is 0. The van der Waals surface area contributed by atoms with Crippen LogP contribution in [0.2, 0.25) is 0 Å². The quantitative estimate of drug-likeness (QED) is 0.0171. The molecule has 2 heterocycles. The molecule has 15 nitrogen and oxygen atoms in total. The van der Waals surface area contributed by atoms with Crippen LogP contribution in [-0.2, 0) is 38.0 Å². The van der Waals surface area contributed by atoms with Crippen LogP contribution in [0.15, 0.2) is 24.3 Å². The highest BCUT2D eigenvalue weighted by Gasteiger charge is 2.47. The Hall–Kier alpha value is -2.02. The zero-order chi connectivity index (χ0) is 59.5. The summed E-state index contributed by atoms with van der Waals surface area (Å²) >= 11 is 0. The van der Waals surface area contributed by atoms with Crippen LogP contribution in [0.25, 0.3) is 0 Å². The Morgan fingerprint density at radius 1 is 0.378 bits per heavy atom. The number of unbranched alkanes of at least 4 members (excludes halogenated alkanes) is 38. The van der Waals surface area contributed by atoms with Gasteiger partial charge in [0.1, 0.15) is 55.4 Å². The van der Waals surface area contributed by atoms with Crippen molar-refractivity contribution < 1.29 is 73.8 Å². The van der Waals surface area contributed by atoms with Crippen LogP contribution in [0.3, 0.4) is 0 Å². The molecule has 82 heavy (non-hydrogen) atoms. The third-order valence-electron chi connectivity index (χ3n) is 16.4. The SMILES string of the molecule is CCCCCCCCCCCCCCCC/C=C/CC/C=C/CCCC(=O)OC[C@@H](CO[C@@H]1O[C@H](CO[C@@H]2O[C@H](CO)[C@H](O)C(O)C2O)[C@H](O)C(O)C1O)OC(=O)CCCCCCCCCCCCCCCCCCCCCCCCC. The number of hydrogen-bond donors (Lipinski definition) is 7. The number of aliphatic hydroxyl groups excluding tert-OH is 7. The Labute approximate surface area is 498 Å². The van der Waals surface area contributed by atoms with Crippen molar-refractivity contribution in [2.45, 2.75) is 364 Å². The maximum absolute atomic E-state index is 13.1. The van der Waals surface area contributed by atoms with Crippen LogP contribution in [0.5, 0.6) is 0 Å². The monoisotopic (exact) mass is 1170 g/mol. The molecule has 0 aromatic rings. The summed E-state index contributed by atoms with van der Waals surface area (Å²) in [5.74, 6) is -0.956. The van der Waals surface area contributed by atoms with Gasteiger partial charge in [-0.25, -0.2) is 0 Å². The first-order chi connectivity index (χ1) is 40.0. The Morgan fingerprint density at radius 3 is 1.15 bits per heavy atom. The van der Waals surface area contributed by atoms with E-state index in [4.69, 9.17) is 28.4 Å². The molecule has 15 heteroatoms. The lowest BCUT2D eigenvalue weighted by Gasteiger charge is -2.42. The number of carbonyl (C=O) groups is 2. The summed E-state index contributed by atoms with van der Waals surface area (Å²) < 4.78 is 33.8. The van der Waals surface area contributed by atoms with Gasteiger partial charge in [0.25, 0.3) is 0 Å². The number of esters is 2. The molecule has 0 aliphatic carbocycles. The van der Waals surface area contributed by atoms with Gasteiger partial charge in [0.15, 0.2) is 18.7 Å². The fourth-order valence-electron chi connectivity index (χ4n) is 10.9. The van der Waals surface area contributed by atoms with E-state index in [-0.39, 0.29) is 26.1 Å². The summed E-state index contributed by atoms with van der Waals surface area (Å²) in [6, 6.07) is 0. The molecule has 0 spiro atoms. The van der Waals surface area contributed by atoms with Gasteiger partial charge in [0.2, 0.25) is 0 Å². The molecule has 482 valence electrons. The van der Waals surface area contributed by atoms with E-state index in [0.29, 0.717) is 19.3 Å². The van der Waals surface area contributed by atoms with Crippen molar-refractivity contribution >= 4 is 11.9 Å². The molecule has 2 aliphatic heterocycles. The second kappa shape index (κ2) is 53.2. The van der Waals surface area contributed by atoms with Crippen molar-refractivity contribution in [1.29, 1.82) is 0 Å². The smallest absolute Gasteiger partial charge is 0.306 e. The first-order valence-corrected chi connectivity index (χ1v) is 33.9. The maximum Gasteiger partial charge on any atom is 0.306 e. The lowest BCUT2D eigenvalue weighted by Crippen LogP contribution is -2.61. The molecule has 2 saturated heterocycles. The zero-order valence-corrected chi connectivity index (χ0v) is 52.0. The van der Waals surface area contributed by atoms with E-state index in [1.54, 1.807) is 0 Å². The zero-order valence-electron chi connectivity index (χ0n) is 52.0. The minimum Gasteiger partial charge on any atom is -0.462 e. The van der Waals surface area contributed by atoms with Gasteiger partial charge in [-0.15, -0.1) is 0 Å². The highest BCUT2D eigenvalue weighted by atomic mass is 16.7. The summed E-state index contributed by atoms with van der Waals surface area (Å²) in [6.07, 6.45) is 45.0. The molecule has 2 fully saturated rings. The van der Waals surface area contributed by atoms with E-state index < -0.39 is 92.7 Å². The van der Waals surface area contributed by atoms with Crippen molar-refractivity contribution in [3.63, 3.8) is 0 Å². The molecule has 0 radical (unpaired) electrons. The standard InChI is InChI=1S/C67H124O15/c1-3-5-7-9-11-13-15-17-19-21-23-25-27-29-31-33-35-37-39-41-43-45-47-49-58(69)77-52-55(53-78-66-65(76)63(74)61(72)57(82-66)54-79-67-64(75)62(73)60(71)56(51-68)81-67)80-59(70)50-48-46-44-42-40-38-36-34-32-30-28-26-24-22-20-18-16-14-12-10-8-6-4-2/h33,35,41,43,55-57,60-68,71-76H,3-32,34,36-40,42,44-54H2,1-2H3/b35-33+,43-41+/t55-,56+,57+,60-,61-,62?,63?,64?,65?,66+,67+/m0/s1. The van der Waals surface area contributed by atoms with Crippen LogP contribution >= 0.6 is 0 Å². The molecule has 0 aromatic carbocycles. The minimum absolute atomic E-state index is 0.162. The normalized spacial score (nSPS) is 23.5. The Balaban J connectivity index is 1.70. The molecule has 0 bridgehead atoms. The highest BCUT2D eigenvalue weighted by Crippen LogP contribution is 2.27. The lowest BCUT2D eigenvalue weighted by molar-refractivity contribution is -0.332. The molecule has 11 atom stereocenters. The van der Waals surface area contributed by atoms with Crippen molar-refractivity contribution in [2.75, 3.05) is 26.4 Å². The van der Waals surface area contributed by atoms with Gasteiger partial charge in [0, 0.05) is 12.8 Å². The van der Waals surface area contributed by atoms with Gasteiger partial charge in [-0.1, -0.05) is 263 Å². The highest BCUT2D eigenvalue weighted by molar-refractivity contribution is 5.70. The molecule has 2 rings (SSSR count). The Bertz CT molecular complexity index is 1510. The molecule has 4 unspecified atom stereocenters. The molecule has 0 aromatic heterocycles. The fraction of sp³-hybridized carbons (Fsp3) is 0.910. The molecule has 2 aliphatic rings. The van der Waals surface area contributed by atoms with Crippen molar-refractivity contribution in [2.24, 2.45) is 0 Å². The van der Waals surface area contributed by atoms with E-state index in [0.717, 1.165) is 38.5 Å². The molecule has 7 N–H and O–H groups in total. The molecular weight excluding hydrogens is 1040 g/mol. The van der Waals surface area contributed by atoms with Crippen LogP contribution in [0.4, 0.5) is 0 Å². The Morgan fingerprint density at radius 2 is 0.720 bits per heavy atom. The van der Waals surface area contributed by atoms with Crippen molar-refractivity contribution in [1.82, 2.24) is 0 Å². The van der Waals surface area contributed by atoms with Crippen LogP contribution in [-0.4, -0.2) is 142 Å². The minimum atomic E-state index is -1.77. The summed E-state index contributed by atoms with van der Waals surface area (Å²) in [5.41, 5.74) is 0. The first kappa shape index (κ1) is 76.1. The van der Waals surface area contributed by atoms with Crippen LogP contribution < -0.4 is 0 Å². The fourth-order valence-corrected chi connectivity index (χ4v) is 10.9. The Kier molecular flexibility index (Phi) is 49.4.